The summed E-state index contributed by atoms with van der Waals surface area (Å²) < 4.78 is 17.6. The molecular weight excluding hydrogens is 484 g/mol. The number of aliphatic carboxylic acids is 1. The number of fused-ring (bicyclic) bond motifs is 2. The maximum Gasteiger partial charge on any atom is 0.303 e. The van der Waals surface area contributed by atoms with Crippen LogP contribution < -0.4 is 9.47 Å². The molecule has 5 rings (SSSR count). The Balaban J connectivity index is 1.35. The Morgan fingerprint density at radius 1 is 1.03 bits per heavy atom. The lowest BCUT2D eigenvalue weighted by Gasteiger charge is -2.19. The van der Waals surface area contributed by atoms with Crippen LogP contribution in [0.1, 0.15) is 59.1 Å². The molecule has 3 aromatic carbocycles. The fourth-order valence-electron chi connectivity index (χ4n) is 5.67. The minimum atomic E-state index is -0.744. The molecule has 5 nitrogen and oxygen atoms in total. The van der Waals surface area contributed by atoms with Crippen molar-refractivity contribution < 1.29 is 24.1 Å². The van der Waals surface area contributed by atoms with Gasteiger partial charge < -0.3 is 19.3 Å². The predicted octanol–water partition coefficient (Wildman–Crippen LogP) is 7.12. The zero-order valence-electron chi connectivity index (χ0n) is 21.7. The van der Waals surface area contributed by atoms with E-state index in [2.05, 4.69) is 56.3 Å². The third-order valence-corrected chi connectivity index (χ3v) is 8.55. The van der Waals surface area contributed by atoms with Gasteiger partial charge in [0.1, 0.15) is 17.6 Å². The summed E-state index contributed by atoms with van der Waals surface area (Å²) in [6.45, 7) is 5.66. The summed E-state index contributed by atoms with van der Waals surface area (Å²) in [5.41, 5.74) is 8.74. The lowest BCUT2D eigenvalue weighted by atomic mass is 9.90. The molecule has 2 aliphatic rings. The number of carboxylic acid groups (broad SMARTS) is 1. The van der Waals surface area contributed by atoms with Crippen molar-refractivity contribution in [3.8, 4) is 22.6 Å². The molecule has 0 amide bonds. The van der Waals surface area contributed by atoms with Crippen LogP contribution in [0.3, 0.4) is 0 Å². The molecule has 0 saturated heterocycles. The second kappa shape index (κ2) is 11.2. The average molecular weight is 519 g/mol. The largest absolute Gasteiger partial charge is 0.493 e. The van der Waals surface area contributed by atoms with Gasteiger partial charge >= 0.3 is 5.97 Å². The zero-order chi connectivity index (χ0) is 25.9. The molecule has 0 spiro atoms. The number of methoxy groups -OCH3 is 1. The number of carboxylic acids is 1. The van der Waals surface area contributed by atoms with Crippen LogP contribution in [0, 0.1) is 13.8 Å². The number of thioether (sulfide) groups is 1. The highest BCUT2D eigenvalue weighted by Gasteiger charge is 2.29. The molecule has 194 valence electrons. The van der Waals surface area contributed by atoms with E-state index in [1.54, 1.807) is 18.9 Å². The van der Waals surface area contributed by atoms with Crippen LogP contribution >= 0.6 is 11.8 Å². The summed E-state index contributed by atoms with van der Waals surface area (Å²) in [4.78, 5) is 12.3. The number of carbonyl (C=O) groups is 1. The fraction of sp³-hybridized carbons (Fsp3) is 0.387. The quantitative estimate of drug-likeness (QED) is 0.288. The molecule has 0 bridgehead atoms. The van der Waals surface area contributed by atoms with Gasteiger partial charge in [0.25, 0.3) is 0 Å². The van der Waals surface area contributed by atoms with Crippen LogP contribution in [-0.4, -0.2) is 37.2 Å². The Morgan fingerprint density at radius 2 is 1.84 bits per heavy atom. The average Bonchev–Trinajstić information content (AvgIpc) is 3.45. The highest BCUT2D eigenvalue weighted by Crippen LogP contribution is 2.45. The Hall–Kier alpha value is -2.96. The van der Waals surface area contributed by atoms with E-state index >= 15 is 0 Å². The summed E-state index contributed by atoms with van der Waals surface area (Å²) in [6.07, 6.45) is 2.98. The Labute approximate surface area is 223 Å². The first-order valence-electron chi connectivity index (χ1n) is 12.9. The second-order valence-corrected chi connectivity index (χ2v) is 11.0. The van der Waals surface area contributed by atoms with Crippen molar-refractivity contribution in [3.63, 3.8) is 0 Å². The van der Waals surface area contributed by atoms with Crippen molar-refractivity contribution in [1.29, 1.82) is 0 Å². The van der Waals surface area contributed by atoms with Gasteiger partial charge in [0.05, 0.1) is 13.0 Å². The Morgan fingerprint density at radius 3 is 2.59 bits per heavy atom. The van der Waals surface area contributed by atoms with E-state index in [9.17, 15) is 9.90 Å². The van der Waals surface area contributed by atoms with Crippen molar-refractivity contribution in [2.75, 3.05) is 26.1 Å². The van der Waals surface area contributed by atoms with Crippen LogP contribution in [0.4, 0.5) is 0 Å². The minimum absolute atomic E-state index is 0.0122. The van der Waals surface area contributed by atoms with Crippen LogP contribution in [-0.2, 0) is 16.0 Å². The number of aryl methyl sites for hydroxylation is 2. The zero-order valence-corrected chi connectivity index (χ0v) is 22.5. The van der Waals surface area contributed by atoms with Crippen molar-refractivity contribution in [3.05, 3.63) is 76.3 Å². The lowest BCUT2D eigenvalue weighted by molar-refractivity contribution is -0.137. The van der Waals surface area contributed by atoms with Gasteiger partial charge in [-0.25, -0.2) is 0 Å². The number of hydrogen-bond donors (Lipinski definition) is 1. The van der Waals surface area contributed by atoms with Crippen LogP contribution in [0.15, 0.2) is 53.4 Å². The molecule has 0 radical (unpaired) electrons. The summed E-state index contributed by atoms with van der Waals surface area (Å²) in [7, 11) is 1.71. The van der Waals surface area contributed by atoms with Crippen molar-refractivity contribution in [2.24, 2.45) is 0 Å². The Kier molecular flexibility index (Phi) is 7.77. The maximum atomic E-state index is 11.2. The first-order valence-corrected chi connectivity index (χ1v) is 13.9. The molecule has 0 saturated carbocycles. The first-order chi connectivity index (χ1) is 17.9. The van der Waals surface area contributed by atoms with Gasteiger partial charge in [-0.05, 0) is 89.9 Å². The maximum absolute atomic E-state index is 11.2. The molecule has 3 aromatic rings. The van der Waals surface area contributed by atoms with E-state index in [1.165, 1.54) is 33.4 Å². The number of ether oxygens (including phenoxy) is 3. The Bertz CT molecular complexity index is 1280. The molecular formula is C31H34O5S. The summed E-state index contributed by atoms with van der Waals surface area (Å²) in [6, 6.07) is 17.0. The molecule has 1 aliphatic carbocycles. The van der Waals surface area contributed by atoms with Crippen LogP contribution in [0.25, 0.3) is 11.1 Å². The smallest absolute Gasteiger partial charge is 0.303 e. The van der Waals surface area contributed by atoms with Crippen molar-refractivity contribution >= 4 is 17.7 Å². The summed E-state index contributed by atoms with van der Waals surface area (Å²) in [5.74, 6) is 1.91. The van der Waals surface area contributed by atoms with Gasteiger partial charge in [0.2, 0.25) is 0 Å². The monoisotopic (exact) mass is 518 g/mol. The van der Waals surface area contributed by atoms with E-state index in [0.29, 0.717) is 13.2 Å². The number of benzene rings is 3. The third kappa shape index (κ3) is 5.51. The standard InChI is InChI=1S/C31H34O5S/c1-19-14-23(35-13-5-12-34-3)15-20(2)31(19)27-7-4-6-26-25(27)10-11-28(26)36-22-8-9-24-21(16-30(32)33)18-37-29(24)17-22/h4,6-9,14-15,17,21,28H,5,10-13,16,18H2,1-3H3,(H,32,33)/t21-,28-/m1/s1. The van der Waals surface area contributed by atoms with E-state index < -0.39 is 5.97 Å². The van der Waals surface area contributed by atoms with Gasteiger partial charge in [-0.1, -0.05) is 24.3 Å². The van der Waals surface area contributed by atoms with Crippen LogP contribution in [0.2, 0.25) is 0 Å². The normalized spacial score (nSPS) is 17.9. The van der Waals surface area contributed by atoms with E-state index in [-0.39, 0.29) is 18.4 Å². The SMILES string of the molecule is COCCCOc1cc(C)c(-c2cccc3c2CC[C@H]3Oc2ccc3c(c2)SC[C@H]3CC(=O)O)c(C)c1. The summed E-state index contributed by atoms with van der Waals surface area (Å²) in [5, 5.41) is 9.20. The van der Waals surface area contributed by atoms with Gasteiger partial charge in [-0.3, -0.25) is 4.79 Å². The molecule has 37 heavy (non-hydrogen) atoms. The van der Waals surface area contributed by atoms with Gasteiger partial charge in [-0.2, -0.15) is 0 Å². The topological polar surface area (TPSA) is 65.0 Å². The second-order valence-electron chi connectivity index (χ2n) is 9.95. The molecule has 6 heteroatoms. The van der Waals surface area contributed by atoms with Crippen molar-refractivity contribution in [2.45, 2.75) is 56.4 Å². The molecule has 1 aliphatic heterocycles. The van der Waals surface area contributed by atoms with Gasteiger partial charge in [-0.15, -0.1) is 11.8 Å². The number of rotatable bonds is 10. The fourth-order valence-corrected chi connectivity index (χ4v) is 6.95. The molecule has 0 unspecified atom stereocenters. The van der Waals surface area contributed by atoms with Gasteiger partial charge in [0, 0.05) is 36.7 Å². The predicted molar refractivity (Wildman–Crippen MR) is 147 cm³/mol. The van der Waals surface area contributed by atoms with Crippen LogP contribution in [0.5, 0.6) is 11.5 Å². The number of hydrogen-bond acceptors (Lipinski definition) is 5. The molecule has 1 N–H and O–H groups in total. The van der Waals surface area contributed by atoms with E-state index in [1.807, 2.05) is 6.07 Å². The first kappa shape index (κ1) is 25.7. The van der Waals surface area contributed by atoms with Crippen molar-refractivity contribution in [1.82, 2.24) is 0 Å². The molecule has 1 heterocycles. The summed E-state index contributed by atoms with van der Waals surface area (Å²) >= 11 is 1.73. The molecule has 2 atom stereocenters. The van der Waals surface area contributed by atoms with E-state index in [0.717, 1.165) is 47.0 Å². The molecule has 0 fully saturated rings. The minimum Gasteiger partial charge on any atom is -0.493 e. The third-order valence-electron chi connectivity index (χ3n) is 7.32. The van der Waals surface area contributed by atoms with E-state index in [4.69, 9.17) is 14.2 Å². The lowest BCUT2D eigenvalue weighted by Crippen LogP contribution is -2.06. The molecule has 0 aromatic heterocycles. The highest BCUT2D eigenvalue weighted by molar-refractivity contribution is 7.99. The van der Waals surface area contributed by atoms with Gasteiger partial charge in [0.15, 0.2) is 0 Å². The highest BCUT2D eigenvalue weighted by atomic mass is 32.2.